The number of rotatable bonds is 9. The van der Waals surface area contributed by atoms with Crippen LogP contribution >= 0.6 is 0 Å². The van der Waals surface area contributed by atoms with Crippen LogP contribution in [0.5, 0.6) is 5.75 Å². The van der Waals surface area contributed by atoms with Crippen LogP contribution < -0.4 is 15.0 Å². The molecule has 5 heterocycles. The number of nitrogens with zero attached hydrogens (tertiary/aromatic N) is 7. The van der Waals surface area contributed by atoms with E-state index in [1.165, 1.54) is 0 Å². The maximum atomic E-state index is 14.9. The number of carbonyl (C=O) groups excluding carboxylic acids is 1. The zero-order chi connectivity index (χ0) is 32.2. The van der Waals surface area contributed by atoms with Crippen LogP contribution in [-0.2, 0) is 9.53 Å². The van der Waals surface area contributed by atoms with E-state index in [9.17, 15) is 19.6 Å². The lowest BCUT2D eigenvalue weighted by Crippen LogP contribution is -2.56. The molecule has 0 aliphatic carbocycles. The highest BCUT2D eigenvalue weighted by atomic mass is 19.1. The molecule has 46 heavy (non-hydrogen) atoms. The lowest BCUT2D eigenvalue weighted by molar-refractivity contribution is -0.146. The predicted octanol–water partition coefficient (Wildman–Crippen LogP) is 1.65. The van der Waals surface area contributed by atoms with Gasteiger partial charge in [0.05, 0.1) is 49.9 Å². The van der Waals surface area contributed by atoms with Crippen molar-refractivity contribution in [1.82, 2.24) is 24.8 Å². The maximum absolute atomic E-state index is 14.9. The number of aryl methyl sites for hydroxylation is 1. The van der Waals surface area contributed by atoms with Crippen LogP contribution in [0.25, 0.3) is 11.4 Å². The van der Waals surface area contributed by atoms with Crippen LogP contribution in [0.4, 0.5) is 21.7 Å². The van der Waals surface area contributed by atoms with E-state index in [0.29, 0.717) is 23.2 Å². The van der Waals surface area contributed by atoms with Gasteiger partial charge >= 0.3 is 0 Å². The SMILES string of the molecule is Cc1cc(Nc2ccnc(-c3ccc(O[C@H]4CCN(C(=O)[C@@H](O)CO)C[C@H]4F)c(C#N)c3)n2)cnc1N1CCN(C2COC2)CC1. The Balaban J connectivity index is 1.09. The number of piperazine rings is 1. The van der Waals surface area contributed by atoms with Crippen molar-refractivity contribution in [1.29, 1.82) is 5.26 Å². The van der Waals surface area contributed by atoms with E-state index in [0.717, 1.165) is 61.4 Å². The van der Waals surface area contributed by atoms with Crippen molar-refractivity contribution < 1.29 is 28.9 Å². The zero-order valence-electron chi connectivity index (χ0n) is 25.5. The molecule has 0 spiro atoms. The number of ether oxygens (including phenoxy) is 2. The summed E-state index contributed by atoms with van der Waals surface area (Å²) in [5, 5.41) is 31.7. The lowest BCUT2D eigenvalue weighted by atomic mass is 10.0. The highest BCUT2D eigenvalue weighted by molar-refractivity contribution is 5.81. The van der Waals surface area contributed by atoms with Crippen LogP contribution in [0.2, 0.25) is 0 Å². The Bertz CT molecular complexity index is 1590. The third kappa shape index (κ3) is 6.87. The fourth-order valence-corrected chi connectivity index (χ4v) is 5.94. The Morgan fingerprint density at radius 1 is 1.20 bits per heavy atom. The number of alkyl halides is 1. The summed E-state index contributed by atoms with van der Waals surface area (Å²) in [5.41, 5.74) is 2.62. The molecule has 3 aliphatic heterocycles. The van der Waals surface area contributed by atoms with Crippen molar-refractivity contribution in [2.75, 3.05) is 69.3 Å². The fourth-order valence-electron chi connectivity index (χ4n) is 5.94. The van der Waals surface area contributed by atoms with Gasteiger partial charge in [-0.1, -0.05) is 0 Å². The molecular weight excluding hydrogens is 595 g/mol. The monoisotopic (exact) mass is 632 g/mol. The minimum atomic E-state index is -1.58. The molecule has 14 heteroatoms. The Labute approximate surface area is 266 Å². The second kappa shape index (κ2) is 13.9. The van der Waals surface area contributed by atoms with Crippen LogP contribution in [0.15, 0.2) is 42.7 Å². The largest absolute Gasteiger partial charge is 0.486 e. The molecule has 3 fully saturated rings. The van der Waals surface area contributed by atoms with Crippen LogP contribution in [0, 0.1) is 18.3 Å². The van der Waals surface area contributed by atoms with Crippen molar-refractivity contribution in [3.63, 3.8) is 0 Å². The number of aliphatic hydroxyl groups excluding tert-OH is 2. The summed E-state index contributed by atoms with van der Waals surface area (Å²) in [5.74, 6) is 1.41. The minimum Gasteiger partial charge on any atom is -0.486 e. The van der Waals surface area contributed by atoms with Gasteiger partial charge in [0.1, 0.15) is 29.6 Å². The number of halogens is 1. The molecule has 3 atom stereocenters. The van der Waals surface area contributed by atoms with Gasteiger partial charge in [0.2, 0.25) is 0 Å². The van der Waals surface area contributed by atoms with Crippen molar-refractivity contribution in [2.45, 2.75) is 37.8 Å². The number of carbonyl (C=O) groups is 1. The molecule has 3 aromatic rings. The third-order valence-electron chi connectivity index (χ3n) is 8.62. The number of nitrogens with one attached hydrogen (secondary N) is 1. The first kappa shape index (κ1) is 31.6. The summed E-state index contributed by atoms with van der Waals surface area (Å²) in [6.45, 7) is 6.68. The molecule has 0 saturated carbocycles. The normalized spacial score (nSPS) is 21.3. The molecule has 0 radical (unpaired) electrons. The molecular formula is C32H37FN8O5. The summed E-state index contributed by atoms with van der Waals surface area (Å²) < 4.78 is 26.1. The highest BCUT2D eigenvalue weighted by Gasteiger charge is 2.35. The van der Waals surface area contributed by atoms with E-state index in [1.54, 1.807) is 36.7 Å². The van der Waals surface area contributed by atoms with Gasteiger partial charge in [-0.15, -0.1) is 0 Å². The van der Waals surface area contributed by atoms with E-state index in [4.69, 9.17) is 19.6 Å². The number of anilines is 3. The summed E-state index contributed by atoms with van der Waals surface area (Å²) in [6.07, 6.45) is -0.415. The molecule has 3 aliphatic rings. The average molecular weight is 633 g/mol. The maximum Gasteiger partial charge on any atom is 0.253 e. The van der Waals surface area contributed by atoms with E-state index in [1.807, 2.05) is 13.0 Å². The number of aromatic nitrogens is 3. The van der Waals surface area contributed by atoms with Crippen molar-refractivity contribution in [3.05, 3.63) is 53.9 Å². The average Bonchev–Trinajstić information content (AvgIpc) is 3.05. The summed E-state index contributed by atoms with van der Waals surface area (Å²) >= 11 is 0. The molecule has 2 aromatic heterocycles. The van der Waals surface area contributed by atoms with Gasteiger partial charge in [-0.2, -0.15) is 5.26 Å². The zero-order valence-corrected chi connectivity index (χ0v) is 25.5. The molecule has 0 bridgehead atoms. The fraction of sp³-hybridized carbons (Fsp3) is 0.469. The number of nitriles is 1. The number of pyridine rings is 1. The van der Waals surface area contributed by atoms with Crippen LogP contribution in [-0.4, -0.2) is 124 Å². The first-order valence-electron chi connectivity index (χ1n) is 15.4. The first-order valence-corrected chi connectivity index (χ1v) is 15.4. The number of hydrogen-bond acceptors (Lipinski definition) is 12. The van der Waals surface area contributed by atoms with Gasteiger partial charge in [0.25, 0.3) is 5.91 Å². The quantitative estimate of drug-likeness (QED) is 0.314. The molecule has 1 amide bonds. The second-order valence-corrected chi connectivity index (χ2v) is 11.7. The number of hydrogen-bond donors (Lipinski definition) is 3. The number of likely N-dealkylation sites (tertiary alicyclic amines) is 1. The van der Waals surface area contributed by atoms with Gasteiger partial charge in [-0.25, -0.2) is 19.3 Å². The molecule has 0 unspecified atom stereocenters. The lowest BCUT2D eigenvalue weighted by Gasteiger charge is -2.43. The standard InChI is InChI=1S/C32H37FN8O5/c1-20-12-23(15-36-31(20)40-10-8-39(9-11-40)24-18-45-19-24)37-29-4-6-35-30(38-29)21-2-3-27(22(13-21)14-34)46-28-5-7-41(16-25(28)33)32(44)26(43)17-42/h2-4,6,12-13,15,24-26,28,42-43H,5,7-11,16-19H2,1H3,(H,35,37,38)/t25-,26+,28+/m1/s1. The molecule has 242 valence electrons. The summed E-state index contributed by atoms with van der Waals surface area (Å²) in [6, 6.07) is 11.3. The van der Waals surface area contributed by atoms with Crippen LogP contribution in [0.1, 0.15) is 17.5 Å². The van der Waals surface area contributed by atoms with Gasteiger partial charge in [-0.3, -0.25) is 9.69 Å². The van der Waals surface area contributed by atoms with Gasteiger partial charge < -0.3 is 34.8 Å². The van der Waals surface area contributed by atoms with E-state index in [2.05, 4.69) is 31.2 Å². The Kier molecular flexibility index (Phi) is 9.55. The predicted molar refractivity (Wildman–Crippen MR) is 166 cm³/mol. The van der Waals surface area contributed by atoms with Crippen molar-refractivity contribution in [3.8, 4) is 23.2 Å². The number of aliphatic hydroxyl groups is 2. The van der Waals surface area contributed by atoms with Crippen LogP contribution in [0.3, 0.4) is 0 Å². The number of amides is 1. The van der Waals surface area contributed by atoms with E-state index >= 15 is 0 Å². The number of benzene rings is 1. The molecule has 3 N–H and O–H groups in total. The van der Waals surface area contributed by atoms with Crippen molar-refractivity contribution in [2.24, 2.45) is 0 Å². The number of piperidine rings is 1. The van der Waals surface area contributed by atoms with E-state index in [-0.39, 0.29) is 30.8 Å². The summed E-state index contributed by atoms with van der Waals surface area (Å²) in [7, 11) is 0. The van der Waals surface area contributed by atoms with E-state index < -0.39 is 30.9 Å². The first-order chi connectivity index (χ1) is 22.3. The Hall–Kier alpha value is -4.42. The molecule has 3 saturated heterocycles. The minimum absolute atomic E-state index is 0.153. The van der Waals surface area contributed by atoms with Crippen molar-refractivity contribution >= 4 is 23.2 Å². The van der Waals surface area contributed by atoms with Gasteiger partial charge in [0, 0.05) is 50.9 Å². The van der Waals surface area contributed by atoms with Gasteiger partial charge in [0.15, 0.2) is 18.1 Å². The Morgan fingerprint density at radius 2 is 2.00 bits per heavy atom. The Morgan fingerprint density at radius 3 is 2.67 bits per heavy atom. The second-order valence-electron chi connectivity index (χ2n) is 11.7. The topological polar surface area (TPSA) is 160 Å². The third-order valence-corrected chi connectivity index (χ3v) is 8.62. The molecule has 1 aromatic carbocycles. The van der Waals surface area contributed by atoms with Gasteiger partial charge in [-0.05, 0) is 42.8 Å². The summed E-state index contributed by atoms with van der Waals surface area (Å²) in [4.78, 5) is 31.8. The molecule has 6 rings (SSSR count). The molecule has 13 nitrogen and oxygen atoms in total. The smallest absolute Gasteiger partial charge is 0.253 e. The highest BCUT2D eigenvalue weighted by Crippen LogP contribution is 2.29.